The van der Waals surface area contributed by atoms with Crippen LogP contribution < -0.4 is 13.9 Å². The Labute approximate surface area is 104 Å². The molecular weight excluding hydrogens is 232 g/mol. The molecule has 1 rings (SSSR count). The third kappa shape index (κ3) is 3.52. The molecule has 1 aromatic carbocycles. The fraction of sp³-hybridized carbons (Fsp3) is 0.385. The molecule has 94 valence electrons. The van der Waals surface area contributed by atoms with Crippen LogP contribution in [0.1, 0.15) is 5.56 Å². The number of benzene rings is 1. The van der Waals surface area contributed by atoms with Crippen LogP contribution in [-0.2, 0) is 0 Å². The summed E-state index contributed by atoms with van der Waals surface area (Å²) in [5, 5.41) is 0. The van der Waals surface area contributed by atoms with Crippen LogP contribution in [0.5, 0.6) is 17.2 Å². The Morgan fingerprint density at radius 3 is 1.82 bits per heavy atom. The van der Waals surface area contributed by atoms with Gasteiger partial charge in [0.25, 0.3) is 0 Å². The number of hydrogen-bond donors (Lipinski definition) is 0. The third-order valence-electron chi connectivity index (χ3n) is 2.13. The molecule has 0 aliphatic rings. The van der Waals surface area contributed by atoms with Crippen molar-refractivity contribution in [2.75, 3.05) is 14.2 Å². The summed E-state index contributed by atoms with van der Waals surface area (Å²) in [7, 11) is 1.54. The average Bonchev–Trinajstić information content (AvgIpc) is 2.27. The quantitative estimate of drug-likeness (QED) is 0.750. The Morgan fingerprint density at radius 2 is 1.53 bits per heavy atom. The van der Waals surface area contributed by atoms with Gasteiger partial charge < -0.3 is 13.9 Å². The molecule has 1 aromatic rings. The predicted molar refractivity (Wildman–Crippen MR) is 73.6 cm³/mol. The Balaban J connectivity index is 3.29. The van der Waals surface area contributed by atoms with E-state index in [-0.39, 0.29) is 0 Å². The Hall–Kier alpha value is -1.42. The molecule has 4 heteroatoms. The lowest BCUT2D eigenvalue weighted by molar-refractivity contribution is 0.360. The summed E-state index contributed by atoms with van der Waals surface area (Å²) in [6, 6.07) is 3.79. The molecule has 0 fully saturated rings. The highest BCUT2D eigenvalue weighted by Gasteiger charge is 2.22. The molecule has 0 aliphatic carbocycles. The van der Waals surface area contributed by atoms with Gasteiger partial charge in [0.05, 0.1) is 14.2 Å². The van der Waals surface area contributed by atoms with Crippen molar-refractivity contribution in [1.29, 1.82) is 0 Å². The zero-order valence-corrected chi connectivity index (χ0v) is 12.2. The van der Waals surface area contributed by atoms with Crippen molar-refractivity contribution in [2.45, 2.75) is 19.6 Å². The molecule has 0 heterocycles. The SMILES string of the molecule is C=Cc1cc(OC)c(O[Si](C)(C)C)c(OC)c1. The van der Waals surface area contributed by atoms with E-state index in [1.807, 2.05) is 12.1 Å². The maximum Gasteiger partial charge on any atom is 0.242 e. The first-order valence-electron chi connectivity index (χ1n) is 5.48. The van der Waals surface area contributed by atoms with Gasteiger partial charge in [-0.05, 0) is 37.3 Å². The Kier molecular flexibility index (Phi) is 4.23. The third-order valence-corrected chi connectivity index (χ3v) is 2.94. The molecule has 0 spiro atoms. The minimum atomic E-state index is -1.71. The largest absolute Gasteiger partial charge is 0.539 e. The highest BCUT2D eigenvalue weighted by Crippen LogP contribution is 2.40. The Morgan fingerprint density at radius 1 is 1.06 bits per heavy atom. The van der Waals surface area contributed by atoms with Crippen LogP contribution in [0.4, 0.5) is 0 Å². The fourth-order valence-electron chi connectivity index (χ4n) is 1.42. The summed E-state index contributed by atoms with van der Waals surface area (Å²) in [5.74, 6) is 2.04. The van der Waals surface area contributed by atoms with Gasteiger partial charge in [-0.3, -0.25) is 0 Å². The van der Waals surface area contributed by atoms with Gasteiger partial charge in [0, 0.05) is 0 Å². The second kappa shape index (κ2) is 5.27. The molecule has 0 saturated carbocycles. The molecule has 0 saturated heterocycles. The van der Waals surface area contributed by atoms with Gasteiger partial charge in [0.15, 0.2) is 17.2 Å². The van der Waals surface area contributed by atoms with E-state index in [1.165, 1.54) is 0 Å². The van der Waals surface area contributed by atoms with E-state index in [9.17, 15) is 0 Å². The Bertz CT molecular complexity index is 383. The molecule has 0 amide bonds. The van der Waals surface area contributed by atoms with Crippen LogP contribution in [0.3, 0.4) is 0 Å². The summed E-state index contributed by atoms with van der Waals surface area (Å²) in [6.45, 7) is 10.1. The van der Waals surface area contributed by atoms with E-state index >= 15 is 0 Å². The lowest BCUT2D eigenvalue weighted by atomic mass is 10.2. The summed E-state index contributed by atoms with van der Waals surface area (Å²) in [4.78, 5) is 0. The van der Waals surface area contributed by atoms with Crippen LogP contribution in [-0.4, -0.2) is 22.5 Å². The summed E-state index contributed by atoms with van der Waals surface area (Å²) in [5.41, 5.74) is 0.946. The normalized spacial score (nSPS) is 10.9. The van der Waals surface area contributed by atoms with Crippen molar-refractivity contribution in [2.24, 2.45) is 0 Å². The first-order valence-corrected chi connectivity index (χ1v) is 8.89. The van der Waals surface area contributed by atoms with E-state index in [2.05, 4.69) is 26.2 Å². The van der Waals surface area contributed by atoms with Gasteiger partial charge in [-0.2, -0.15) is 0 Å². The molecule has 17 heavy (non-hydrogen) atoms. The number of methoxy groups -OCH3 is 2. The van der Waals surface area contributed by atoms with Crippen molar-refractivity contribution < 1.29 is 13.9 Å². The second-order valence-electron chi connectivity index (χ2n) is 4.67. The maximum absolute atomic E-state index is 6.00. The number of ether oxygens (including phenoxy) is 2. The van der Waals surface area contributed by atoms with Gasteiger partial charge in [0.2, 0.25) is 8.32 Å². The van der Waals surface area contributed by atoms with Crippen molar-refractivity contribution in [3.63, 3.8) is 0 Å². The van der Waals surface area contributed by atoms with E-state index in [0.717, 1.165) is 5.56 Å². The summed E-state index contributed by atoms with van der Waals surface area (Å²) < 4.78 is 16.7. The molecule has 0 aromatic heterocycles. The molecule has 0 atom stereocenters. The molecule has 0 unspecified atom stereocenters. The maximum atomic E-state index is 6.00. The van der Waals surface area contributed by atoms with Crippen LogP contribution in [0.25, 0.3) is 6.08 Å². The molecule has 0 N–H and O–H groups in total. The van der Waals surface area contributed by atoms with Crippen LogP contribution >= 0.6 is 0 Å². The molecule has 0 aliphatic heterocycles. The highest BCUT2D eigenvalue weighted by molar-refractivity contribution is 6.70. The first kappa shape index (κ1) is 13.6. The van der Waals surface area contributed by atoms with Crippen LogP contribution in [0.15, 0.2) is 18.7 Å². The monoisotopic (exact) mass is 252 g/mol. The molecule has 0 radical (unpaired) electrons. The van der Waals surface area contributed by atoms with E-state index < -0.39 is 8.32 Å². The zero-order valence-electron chi connectivity index (χ0n) is 11.2. The minimum absolute atomic E-state index is 0.680. The fourth-order valence-corrected chi connectivity index (χ4v) is 2.24. The van der Waals surface area contributed by atoms with Crippen molar-refractivity contribution >= 4 is 14.4 Å². The molecular formula is C13H20O3Si. The second-order valence-corrected chi connectivity index (χ2v) is 9.10. The smallest absolute Gasteiger partial charge is 0.242 e. The first-order chi connectivity index (χ1) is 7.91. The lowest BCUT2D eigenvalue weighted by Crippen LogP contribution is -2.29. The molecule has 3 nitrogen and oxygen atoms in total. The van der Waals surface area contributed by atoms with Gasteiger partial charge in [-0.25, -0.2) is 0 Å². The van der Waals surface area contributed by atoms with Crippen LogP contribution in [0.2, 0.25) is 19.6 Å². The average molecular weight is 252 g/mol. The predicted octanol–water partition coefficient (Wildman–Crippen LogP) is 3.56. The number of rotatable bonds is 5. The van der Waals surface area contributed by atoms with E-state index in [1.54, 1.807) is 20.3 Å². The van der Waals surface area contributed by atoms with Crippen molar-refractivity contribution in [1.82, 2.24) is 0 Å². The minimum Gasteiger partial charge on any atom is -0.539 e. The van der Waals surface area contributed by atoms with Crippen LogP contribution in [0, 0.1) is 0 Å². The van der Waals surface area contributed by atoms with Gasteiger partial charge in [0.1, 0.15) is 0 Å². The summed E-state index contributed by atoms with van der Waals surface area (Å²) >= 11 is 0. The lowest BCUT2D eigenvalue weighted by Gasteiger charge is -2.23. The highest BCUT2D eigenvalue weighted by atomic mass is 28.4. The zero-order chi connectivity index (χ0) is 13.1. The summed E-state index contributed by atoms with van der Waals surface area (Å²) in [6.07, 6.45) is 1.75. The van der Waals surface area contributed by atoms with Crippen molar-refractivity contribution in [3.8, 4) is 17.2 Å². The van der Waals surface area contributed by atoms with Gasteiger partial charge >= 0.3 is 0 Å². The standard InChI is InChI=1S/C13H20O3Si/c1-7-10-8-11(14-2)13(12(9-10)15-3)16-17(4,5)6/h7-9H,1H2,2-6H3. The van der Waals surface area contributed by atoms with E-state index in [4.69, 9.17) is 13.9 Å². The van der Waals surface area contributed by atoms with Crippen molar-refractivity contribution in [3.05, 3.63) is 24.3 Å². The van der Waals surface area contributed by atoms with Gasteiger partial charge in [-0.15, -0.1) is 0 Å². The molecule has 0 bridgehead atoms. The topological polar surface area (TPSA) is 27.7 Å². The van der Waals surface area contributed by atoms with Gasteiger partial charge in [-0.1, -0.05) is 12.7 Å². The number of hydrogen-bond acceptors (Lipinski definition) is 3. The van der Waals surface area contributed by atoms with E-state index in [0.29, 0.717) is 17.2 Å².